The van der Waals surface area contributed by atoms with Crippen molar-refractivity contribution in [2.75, 3.05) is 7.11 Å². The van der Waals surface area contributed by atoms with Crippen molar-refractivity contribution in [3.63, 3.8) is 0 Å². The lowest BCUT2D eigenvalue weighted by molar-refractivity contribution is -0.142. The minimum atomic E-state index is -3.95. The monoisotopic (exact) mass is 243 g/mol. The molecule has 1 aromatic carbocycles. The zero-order chi connectivity index (χ0) is 11.8. The highest BCUT2D eigenvalue weighted by molar-refractivity contribution is 7.85. The molecule has 0 unspecified atom stereocenters. The minimum absolute atomic E-state index is 0.136. The Labute approximate surface area is 92.4 Å². The molecule has 1 aromatic rings. The second-order valence-corrected chi connectivity index (χ2v) is 4.46. The fraction of sp³-hybridized carbons (Fsp3) is 0.222. The molecule has 0 aromatic heterocycles. The Morgan fingerprint density at radius 1 is 1.44 bits per heavy atom. The molecule has 86 valence electrons. The quantitative estimate of drug-likeness (QED) is 0.709. The van der Waals surface area contributed by atoms with Crippen molar-refractivity contribution < 1.29 is 22.1 Å². The summed E-state index contributed by atoms with van der Waals surface area (Å²) in [4.78, 5) is 11.4. The first-order valence-corrected chi connectivity index (χ1v) is 5.83. The average molecular weight is 243 g/mol. The molecule has 7 heteroatoms. The predicted molar refractivity (Wildman–Crippen MR) is 53.9 cm³/mol. The first kappa shape index (κ1) is 10.9. The van der Waals surface area contributed by atoms with Crippen LogP contribution in [0.3, 0.4) is 0 Å². The van der Waals surface area contributed by atoms with Gasteiger partial charge in [-0.3, -0.25) is 0 Å². The summed E-state index contributed by atoms with van der Waals surface area (Å²) in [5.41, 5.74) is 0.434. The molecule has 1 heterocycles. The van der Waals surface area contributed by atoms with Crippen LogP contribution in [0.1, 0.15) is 11.6 Å². The molecule has 1 aliphatic rings. The van der Waals surface area contributed by atoms with Gasteiger partial charge in [0.2, 0.25) is 0 Å². The summed E-state index contributed by atoms with van der Waals surface area (Å²) in [5.74, 6) is -0.545. The van der Waals surface area contributed by atoms with E-state index in [4.69, 9.17) is 4.18 Å². The molecule has 0 fully saturated rings. The van der Waals surface area contributed by atoms with Crippen LogP contribution in [0.2, 0.25) is 0 Å². The van der Waals surface area contributed by atoms with Gasteiger partial charge in [-0.1, -0.05) is 18.2 Å². The summed E-state index contributed by atoms with van der Waals surface area (Å²) >= 11 is 0. The van der Waals surface area contributed by atoms with Crippen LogP contribution in [0.15, 0.2) is 24.3 Å². The van der Waals surface area contributed by atoms with Gasteiger partial charge in [-0.05, 0) is 6.07 Å². The summed E-state index contributed by atoms with van der Waals surface area (Å²) < 4.78 is 33.9. The van der Waals surface area contributed by atoms with Crippen LogP contribution in [0, 0.1) is 0 Å². The third kappa shape index (κ3) is 1.86. The molecule has 0 saturated heterocycles. The highest BCUT2D eigenvalue weighted by Gasteiger charge is 2.35. The van der Waals surface area contributed by atoms with E-state index >= 15 is 0 Å². The van der Waals surface area contributed by atoms with Gasteiger partial charge in [0.15, 0.2) is 6.04 Å². The molecule has 0 spiro atoms. The highest BCUT2D eigenvalue weighted by atomic mass is 32.2. The number of para-hydroxylation sites is 1. The minimum Gasteiger partial charge on any atom is -0.468 e. The van der Waals surface area contributed by atoms with Gasteiger partial charge in [0.1, 0.15) is 5.75 Å². The van der Waals surface area contributed by atoms with E-state index in [1.807, 2.05) is 0 Å². The SMILES string of the molecule is COC(=O)[C@@H]1NS(=O)(=O)Oc2ccccc21. The summed E-state index contributed by atoms with van der Waals surface area (Å²) in [6.45, 7) is 0. The van der Waals surface area contributed by atoms with Crippen molar-refractivity contribution in [3.05, 3.63) is 29.8 Å². The predicted octanol–water partition coefficient (Wildman–Crippen LogP) is 0.128. The zero-order valence-corrected chi connectivity index (χ0v) is 9.15. The molecular weight excluding hydrogens is 234 g/mol. The normalized spacial score (nSPS) is 21.7. The van der Waals surface area contributed by atoms with Crippen LogP contribution in [-0.2, 0) is 19.8 Å². The lowest BCUT2D eigenvalue weighted by atomic mass is 10.1. The number of rotatable bonds is 1. The zero-order valence-electron chi connectivity index (χ0n) is 8.34. The summed E-state index contributed by atoms with van der Waals surface area (Å²) in [5, 5.41) is 0. The number of benzene rings is 1. The number of carbonyl (C=O) groups excluding carboxylic acids is 1. The number of carbonyl (C=O) groups is 1. The molecule has 0 amide bonds. The number of esters is 1. The van der Waals surface area contributed by atoms with E-state index in [9.17, 15) is 13.2 Å². The van der Waals surface area contributed by atoms with E-state index in [0.29, 0.717) is 5.56 Å². The van der Waals surface area contributed by atoms with Crippen molar-refractivity contribution in [1.82, 2.24) is 4.72 Å². The molecule has 1 aliphatic heterocycles. The van der Waals surface area contributed by atoms with Crippen molar-refractivity contribution in [2.45, 2.75) is 6.04 Å². The molecule has 2 rings (SSSR count). The van der Waals surface area contributed by atoms with Gasteiger partial charge < -0.3 is 8.92 Å². The fourth-order valence-electron chi connectivity index (χ4n) is 1.44. The van der Waals surface area contributed by atoms with Gasteiger partial charge >= 0.3 is 16.3 Å². The maximum Gasteiger partial charge on any atom is 0.383 e. The van der Waals surface area contributed by atoms with Crippen LogP contribution >= 0.6 is 0 Å². The van der Waals surface area contributed by atoms with Crippen molar-refractivity contribution >= 4 is 16.3 Å². The third-order valence-corrected chi connectivity index (χ3v) is 3.05. The summed E-state index contributed by atoms with van der Waals surface area (Å²) in [7, 11) is -2.76. The van der Waals surface area contributed by atoms with Crippen molar-refractivity contribution in [3.8, 4) is 5.75 Å². The Hall–Kier alpha value is -1.60. The Bertz CT molecular complexity index is 524. The standard InChI is InChI=1S/C9H9NO5S/c1-14-9(11)8-6-4-2-3-5-7(6)15-16(12,13)10-8/h2-5,8,10H,1H3/t8-/m1/s1. The van der Waals surface area contributed by atoms with Gasteiger partial charge in [0.05, 0.1) is 7.11 Å². The van der Waals surface area contributed by atoms with E-state index in [1.165, 1.54) is 13.2 Å². The molecule has 0 bridgehead atoms. The van der Waals surface area contributed by atoms with Crippen LogP contribution < -0.4 is 8.91 Å². The molecule has 0 radical (unpaired) electrons. The van der Waals surface area contributed by atoms with Crippen LogP contribution in [-0.4, -0.2) is 21.5 Å². The number of ether oxygens (including phenoxy) is 1. The van der Waals surface area contributed by atoms with Gasteiger partial charge in [-0.2, -0.15) is 13.1 Å². The molecule has 0 aliphatic carbocycles. The Balaban J connectivity index is 2.52. The fourth-order valence-corrected chi connectivity index (χ4v) is 2.39. The number of methoxy groups -OCH3 is 1. The Kier molecular flexibility index (Phi) is 2.56. The maximum absolute atomic E-state index is 11.4. The van der Waals surface area contributed by atoms with E-state index in [-0.39, 0.29) is 5.75 Å². The smallest absolute Gasteiger partial charge is 0.383 e. The number of hydrogen-bond donors (Lipinski definition) is 1. The largest absolute Gasteiger partial charge is 0.468 e. The first-order chi connectivity index (χ1) is 7.53. The van der Waals surface area contributed by atoms with E-state index < -0.39 is 22.3 Å². The molecular formula is C9H9NO5S. The second kappa shape index (κ2) is 3.76. The van der Waals surface area contributed by atoms with Gasteiger partial charge in [-0.15, -0.1) is 0 Å². The second-order valence-electron chi connectivity index (χ2n) is 3.15. The van der Waals surface area contributed by atoms with Crippen LogP contribution in [0.5, 0.6) is 5.75 Å². The third-order valence-electron chi connectivity index (χ3n) is 2.13. The summed E-state index contributed by atoms with van der Waals surface area (Å²) in [6.07, 6.45) is 0. The molecule has 0 saturated carbocycles. The van der Waals surface area contributed by atoms with Gasteiger partial charge in [0, 0.05) is 5.56 Å². The highest BCUT2D eigenvalue weighted by Crippen LogP contribution is 2.31. The van der Waals surface area contributed by atoms with Gasteiger partial charge in [0.25, 0.3) is 0 Å². The number of hydrogen-bond acceptors (Lipinski definition) is 5. The van der Waals surface area contributed by atoms with Crippen molar-refractivity contribution in [1.29, 1.82) is 0 Å². The number of nitrogens with one attached hydrogen (secondary N) is 1. The van der Waals surface area contributed by atoms with Crippen molar-refractivity contribution in [2.24, 2.45) is 0 Å². The number of fused-ring (bicyclic) bond motifs is 1. The molecule has 1 N–H and O–H groups in total. The Morgan fingerprint density at radius 2 is 2.12 bits per heavy atom. The lowest BCUT2D eigenvalue weighted by Crippen LogP contribution is -2.40. The van der Waals surface area contributed by atoms with Gasteiger partial charge in [-0.25, -0.2) is 4.79 Å². The molecule has 6 nitrogen and oxygen atoms in total. The molecule has 1 atom stereocenters. The average Bonchev–Trinajstić information content (AvgIpc) is 2.25. The summed E-state index contributed by atoms with van der Waals surface area (Å²) in [6, 6.07) is 5.31. The lowest BCUT2D eigenvalue weighted by Gasteiger charge is -2.24. The van der Waals surface area contributed by atoms with Crippen LogP contribution in [0.25, 0.3) is 0 Å². The first-order valence-electron chi connectivity index (χ1n) is 4.42. The maximum atomic E-state index is 11.4. The van der Waals surface area contributed by atoms with Crippen LogP contribution in [0.4, 0.5) is 0 Å². The topological polar surface area (TPSA) is 81.7 Å². The van der Waals surface area contributed by atoms with E-state index in [0.717, 1.165) is 0 Å². The van der Waals surface area contributed by atoms with E-state index in [2.05, 4.69) is 9.46 Å². The van der Waals surface area contributed by atoms with E-state index in [1.54, 1.807) is 18.2 Å². The molecule has 16 heavy (non-hydrogen) atoms. The Morgan fingerprint density at radius 3 is 2.81 bits per heavy atom.